The Hall–Kier alpha value is -4.27. The number of nitrogens with zero attached hydrogens (tertiary/aromatic N) is 1. The van der Waals surface area contributed by atoms with E-state index in [1.807, 2.05) is 31.2 Å². The molecule has 5 rings (SSSR count). The predicted octanol–water partition coefficient (Wildman–Crippen LogP) is 10.2. The number of benzene rings is 4. The number of carbonyl (C=O) groups is 1. The molecule has 2 N–H and O–H groups in total. The lowest BCUT2D eigenvalue weighted by molar-refractivity contribution is -0.137. The van der Waals surface area contributed by atoms with Crippen molar-refractivity contribution in [1.29, 1.82) is 5.41 Å². The van der Waals surface area contributed by atoms with E-state index in [0.717, 1.165) is 46.7 Å². The van der Waals surface area contributed by atoms with E-state index in [4.69, 9.17) is 38.5 Å². The zero-order valence-corrected chi connectivity index (χ0v) is 25.2. The summed E-state index contributed by atoms with van der Waals surface area (Å²) in [5.41, 5.74) is 1.75. The monoisotopic (exact) mass is 640 g/mol. The van der Waals surface area contributed by atoms with Gasteiger partial charge in [-0.3, -0.25) is 5.41 Å². The van der Waals surface area contributed by atoms with E-state index in [9.17, 15) is 18.0 Å². The van der Waals surface area contributed by atoms with E-state index in [2.05, 4.69) is 6.58 Å². The van der Waals surface area contributed by atoms with Gasteiger partial charge in [-0.25, -0.2) is 4.79 Å². The van der Waals surface area contributed by atoms with Gasteiger partial charge in [-0.2, -0.15) is 13.2 Å². The third-order valence-corrected chi connectivity index (χ3v) is 7.84. The van der Waals surface area contributed by atoms with Crippen LogP contribution in [0.5, 0.6) is 11.5 Å². The highest BCUT2D eigenvalue weighted by Crippen LogP contribution is 2.50. The summed E-state index contributed by atoms with van der Waals surface area (Å²) in [5, 5.41) is 19.3. The van der Waals surface area contributed by atoms with Crippen LogP contribution in [0.4, 0.5) is 13.2 Å². The maximum atomic E-state index is 12.9. The Morgan fingerprint density at radius 2 is 1.66 bits per heavy atom. The van der Waals surface area contributed by atoms with E-state index in [0.29, 0.717) is 23.2 Å². The number of carboxylic acid groups (broad SMARTS) is 1. The number of halogens is 5. The van der Waals surface area contributed by atoms with Gasteiger partial charge in [0.2, 0.25) is 0 Å². The summed E-state index contributed by atoms with van der Waals surface area (Å²) in [5.74, 6) is -0.133. The standard InChI is InChI=1S/C27H23F3N2O3.C7H6Cl2/c1-2-32(17-18-6-8-19(9-7-18)24(33)34)25(31)26(14-15-26)20-10-12-22(13-11-20)35-23-5-3-4-21(16-23)27(28,29)30;1-5-2-3-6(8)4-7(5)9/h2-13,16,31H,1,14-15,17H2,(H,33,34);2-4H,1H3. The van der Waals surface area contributed by atoms with Crippen LogP contribution in [-0.4, -0.2) is 21.8 Å². The fourth-order valence-electron chi connectivity index (χ4n) is 4.53. The van der Waals surface area contributed by atoms with Crippen molar-refractivity contribution in [2.24, 2.45) is 0 Å². The first kappa shape index (κ1) is 32.6. The normalized spacial score (nSPS) is 13.2. The van der Waals surface area contributed by atoms with Crippen LogP contribution in [0.3, 0.4) is 0 Å². The number of hydrogen-bond donors (Lipinski definition) is 2. The van der Waals surface area contributed by atoms with Gasteiger partial charge < -0.3 is 14.7 Å². The largest absolute Gasteiger partial charge is 0.478 e. The molecular formula is C34H29Cl2F3N2O3. The molecule has 0 aliphatic heterocycles. The number of nitrogens with one attached hydrogen (secondary N) is 1. The number of amidine groups is 1. The van der Waals surface area contributed by atoms with Gasteiger partial charge in [-0.05, 0) is 97.3 Å². The molecule has 0 bridgehead atoms. The molecule has 44 heavy (non-hydrogen) atoms. The fraction of sp³-hybridized carbons (Fsp3) is 0.176. The van der Waals surface area contributed by atoms with Crippen LogP contribution >= 0.6 is 23.2 Å². The highest BCUT2D eigenvalue weighted by molar-refractivity contribution is 6.35. The van der Waals surface area contributed by atoms with Crippen LogP contribution in [0.1, 0.15) is 45.5 Å². The van der Waals surface area contributed by atoms with Crippen molar-refractivity contribution in [2.45, 2.75) is 37.9 Å². The van der Waals surface area contributed by atoms with Crippen LogP contribution in [-0.2, 0) is 18.1 Å². The number of carboxylic acids is 1. The van der Waals surface area contributed by atoms with Crippen LogP contribution in [0.15, 0.2) is 104 Å². The van der Waals surface area contributed by atoms with Crippen molar-refractivity contribution in [1.82, 2.24) is 4.90 Å². The molecule has 10 heteroatoms. The van der Waals surface area contributed by atoms with Crippen molar-refractivity contribution >= 4 is 35.0 Å². The quantitative estimate of drug-likeness (QED) is 0.148. The molecule has 0 amide bonds. The highest BCUT2D eigenvalue weighted by Gasteiger charge is 2.50. The lowest BCUT2D eigenvalue weighted by atomic mass is 9.93. The van der Waals surface area contributed by atoms with E-state index >= 15 is 0 Å². The zero-order valence-electron chi connectivity index (χ0n) is 23.7. The molecule has 0 radical (unpaired) electrons. The maximum Gasteiger partial charge on any atom is 0.416 e. The average molecular weight is 642 g/mol. The number of aryl methyl sites for hydroxylation is 1. The van der Waals surface area contributed by atoms with Crippen molar-refractivity contribution in [3.8, 4) is 11.5 Å². The van der Waals surface area contributed by atoms with Crippen LogP contribution < -0.4 is 4.74 Å². The Morgan fingerprint density at radius 1 is 1.00 bits per heavy atom. The zero-order chi connectivity index (χ0) is 32.1. The number of aromatic carboxylic acids is 1. The molecule has 1 aliphatic carbocycles. The van der Waals surface area contributed by atoms with E-state index < -0.39 is 23.1 Å². The first-order valence-electron chi connectivity index (χ1n) is 13.5. The summed E-state index contributed by atoms with van der Waals surface area (Å²) in [6.07, 6.45) is -1.31. The minimum absolute atomic E-state index is 0.0909. The lowest BCUT2D eigenvalue weighted by Crippen LogP contribution is -2.34. The SMILES string of the molecule is C=CN(Cc1ccc(C(=O)O)cc1)C(=N)C1(c2ccc(Oc3cccc(C(F)(F)F)c3)cc2)CC1.Cc1ccc(Cl)cc1Cl. The number of alkyl halides is 3. The second kappa shape index (κ2) is 13.6. The fourth-order valence-corrected chi connectivity index (χ4v) is 4.94. The summed E-state index contributed by atoms with van der Waals surface area (Å²) in [6, 6.07) is 23.7. The summed E-state index contributed by atoms with van der Waals surface area (Å²) < 4.78 is 44.4. The lowest BCUT2D eigenvalue weighted by Gasteiger charge is -2.28. The molecule has 4 aromatic rings. The van der Waals surface area contributed by atoms with Crippen LogP contribution in [0.25, 0.3) is 0 Å². The summed E-state index contributed by atoms with van der Waals surface area (Å²) >= 11 is 11.4. The van der Waals surface area contributed by atoms with Crippen LogP contribution in [0.2, 0.25) is 10.0 Å². The van der Waals surface area contributed by atoms with E-state index in [1.54, 1.807) is 41.4 Å². The maximum absolute atomic E-state index is 12.9. The van der Waals surface area contributed by atoms with Gasteiger partial charge in [0.25, 0.3) is 0 Å². The number of ether oxygens (including phenoxy) is 1. The molecular weight excluding hydrogens is 612 g/mol. The number of hydrogen-bond acceptors (Lipinski definition) is 3. The molecule has 0 saturated heterocycles. The van der Waals surface area contributed by atoms with Crippen molar-refractivity contribution in [3.05, 3.63) is 142 Å². The van der Waals surface area contributed by atoms with E-state index in [1.165, 1.54) is 24.3 Å². The molecule has 0 heterocycles. The summed E-state index contributed by atoms with van der Waals surface area (Å²) in [4.78, 5) is 12.8. The molecule has 4 aromatic carbocycles. The molecule has 5 nitrogen and oxygen atoms in total. The summed E-state index contributed by atoms with van der Waals surface area (Å²) in [7, 11) is 0. The van der Waals surface area contributed by atoms with Crippen molar-refractivity contribution in [3.63, 3.8) is 0 Å². The first-order valence-corrected chi connectivity index (χ1v) is 14.3. The van der Waals surface area contributed by atoms with Gasteiger partial charge >= 0.3 is 12.1 Å². The van der Waals surface area contributed by atoms with Crippen LogP contribution in [0, 0.1) is 12.3 Å². The second-order valence-electron chi connectivity index (χ2n) is 10.3. The van der Waals surface area contributed by atoms with Gasteiger partial charge in [0.15, 0.2) is 0 Å². The van der Waals surface area contributed by atoms with E-state index in [-0.39, 0.29) is 11.3 Å². The Balaban J connectivity index is 0.000000421. The minimum Gasteiger partial charge on any atom is -0.478 e. The summed E-state index contributed by atoms with van der Waals surface area (Å²) in [6.45, 7) is 6.15. The predicted molar refractivity (Wildman–Crippen MR) is 167 cm³/mol. The average Bonchev–Trinajstić information content (AvgIpc) is 3.80. The molecule has 1 saturated carbocycles. The second-order valence-corrected chi connectivity index (χ2v) is 11.1. The van der Waals surface area contributed by atoms with Gasteiger partial charge in [0.1, 0.15) is 17.3 Å². The third-order valence-electron chi connectivity index (χ3n) is 7.20. The Bertz CT molecular complexity index is 1650. The molecule has 228 valence electrons. The Kier molecular flexibility index (Phi) is 10.1. The van der Waals surface area contributed by atoms with Gasteiger partial charge in [0.05, 0.1) is 16.5 Å². The minimum atomic E-state index is -4.45. The molecule has 1 aliphatic rings. The smallest absolute Gasteiger partial charge is 0.416 e. The van der Waals surface area contributed by atoms with Gasteiger partial charge in [-0.1, -0.05) is 66.2 Å². The number of rotatable bonds is 8. The van der Waals surface area contributed by atoms with Gasteiger partial charge in [0, 0.05) is 16.6 Å². The van der Waals surface area contributed by atoms with Crippen molar-refractivity contribution in [2.75, 3.05) is 0 Å². The molecule has 1 fully saturated rings. The Labute approximate surface area is 263 Å². The third kappa shape index (κ3) is 8.01. The van der Waals surface area contributed by atoms with Gasteiger partial charge in [-0.15, -0.1) is 0 Å². The highest BCUT2D eigenvalue weighted by atomic mass is 35.5. The molecule has 0 aromatic heterocycles. The molecule has 0 atom stereocenters. The molecule has 0 spiro atoms. The molecule has 0 unspecified atom stereocenters. The topological polar surface area (TPSA) is 73.6 Å². The Morgan fingerprint density at radius 3 is 2.18 bits per heavy atom. The van der Waals surface area contributed by atoms with Crippen molar-refractivity contribution < 1.29 is 27.8 Å². The first-order chi connectivity index (χ1) is 20.8.